The van der Waals surface area contributed by atoms with Gasteiger partial charge in [0.05, 0.1) is 5.69 Å². The molecule has 2 aromatic rings. The molecule has 0 bridgehead atoms. The molecule has 18 heavy (non-hydrogen) atoms. The zero-order valence-corrected chi connectivity index (χ0v) is 10.4. The second-order valence-corrected chi connectivity index (χ2v) is 4.45. The third-order valence-corrected chi connectivity index (χ3v) is 3.07. The fourth-order valence-electron chi connectivity index (χ4n) is 2.04. The second-order valence-electron chi connectivity index (χ2n) is 4.08. The topological polar surface area (TPSA) is 12.5 Å². The van der Waals surface area contributed by atoms with Crippen molar-refractivity contribution >= 4 is 17.3 Å². The van der Waals surface area contributed by atoms with E-state index in [1.165, 1.54) is 0 Å². The quantitative estimate of drug-likeness (QED) is 0.797. The molecule has 0 fully saturated rings. The maximum atomic E-state index is 6.00. The van der Waals surface area contributed by atoms with Crippen molar-refractivity contribution in [3.05, 3.63) is 77.5 Å². The van der Waals surface area contributed by atoms with Crippen LogP contribution >= 0.6 is 11.6 Å². The van der Waals surface area contributed by atoms with Crippen molar-refractivity contribution in [1.29, 1.82) is 0 Å². The van der Waals surface area contributed by atoms with Crippen molar-refractivity contribution < 1.29 is 4.84 Å². The number of halogens is 1. The molecule has 0 saturated carbocycles. The van der Waals surface area contributed by atoms with Crippen LogP contribution in [0.5, 0.6) is 0 Å². The van der Waals surface area contributed by atoms with Gasteiger partial charge in [-0.05, 0) is 29.3 Å². The van der Waals surface area contributed by atoms with Crippen LogP contribution in [0.4, 0.5) is 5.69 Å². The van der Waals surface area contributed by atoms with Crippen molar-refractivity contribution in [2.24, 2.45) is 0 Å². The zero-order chi connectivity index (χ0) is 12.4. The molecule has 1 aliphatic heterocycles. The van der Waals surface area contributed by atoms with Gasteiger partial charge < -0.3 is 4.84 Å². The Morgan fingerprint density at radius 3 is 2.17 bits per heavy atom. The van der Waals surface area contributed by atoms with Crippen LogP contribution in [-0.2, 0) is 4.84 Å². The first kappa shape index (κ1) is 11.2. The van der Waals surface area contributed by atoms with E-state index in [1.807, 2.05) is 59.7 Å². The lowest BCUT2D eigenvalue weighted by atomic mass is 10.1. The molecule has 1 heterocycles. The van der Waals surface area contributed by atoms with Gasteiger partial charge in [-0.3, -0.25) is 0 Å². The maximum Gasteiger partial charge on any atom is 0.220 e. The fraction of sp³-hybridized carbons (Fsp3) is 0.0667. The molecule has 0 amide bonds. The van der Waals surface area contributed by atoms with Crippen LogP contribution < -0.4 is 5.06 Å². The molecule has 1 aliphatic rings. The van der Waals surface area contributed by atoms with Gasteiger partial charge in [-0.15, -0.1) is 0 Å². The lowest BCUT2D eigenvalue weighted by molar-refractivity contribution is 0.214. The molecule has 0 saturated heterocycles. The first-order valence-electron chi connectivity index (χ1n) is 5.79. The molecule has 0 aromatic heterocycles. The van der Waals surface area contributed by atoms with Gasteiger partial charge in [0.1, 0.15) is 6.04 Å². The third-order valence-electron chi connectivity index (χ3n) is 2.88. The first-order valence-corrected chi connectivity index (χ1v) is 6.17. The smallest absolute Gasteiger partial charge is 0.220 e. The summed E-state index contributed by atoms with van der Waals surface area (Å²) in [4.78, 5) is 5.57. The largest absolute Gasteiger partial charge is 0.366 e. The zero-order valence-electron chi connectivity index (χ0n) is 9.66. The Labute approximate surface area is 111 Å². The van der Waals surface area contributed by atoms with Gasteiger partial charge in [-0.25, -0.2) is 0 Å². The summed E-state index contributed by atoms with van der Waals surface area (Å²) in [5, 5.41) is 2.23. The molecule has 3 rings (SSSR count). The van der Waals surface area contributed by atoms with Gasteiger partial charge in [0.15, 0.2) is 0 Å². The summed E-state index contributed by atoms with van der Waals surface area (Å²) in [7, 11) is 0. The summed E-state index contributed by atoms with van der Waals surface area (Å²) < 4.78 is 0. The van der Waals surface area contributed by atoms with E-state index in [-0.39, 0.29) is 6.04 Å². The number of benzene rings is 2. The predicted molar refractivity (Wildman–Crippen MR) is 73.1 cm³/mol. The Hall–Kier alpha value is -1.93. The van der Waals surface area contributed by atoms with Gasteiger partial charge in [0, 0.05) is 6.08 Å². The van der Waals surface area contributed by atoms with Gasteiger partial charge in [-0.2, -0.15) is 5.06 Å². The Morgan fingerprint density at radius 1 is 0.889 bits per heavy atom. The molecule has 0 spiro atoms. The first-order chi connectivity index (χ1) is 8.84. The highest BCUT2D eigenvalue weighted by Gasteiger charge is 2.27. The summed E-state index contributed by atoms with van der Waals surface area (Å²) in [6.07, 6.45) is 1.91. The lowest BCUT2D eigenvalue weighted by Crippen LogP contribution is -2.21. The Bertz CT molecular complexity index is 553. The highest BCUT2D eigenvalue weighted by molar-refractivity contribution is 6.28. The van der Waals surface area contributed by atoms with Crippen LogP contribution in [-0.4, -0.2) is 0 Å². The van der Waals surface area contributed by atoms with E-state index < -0.39 is 0 Å². The Morgan fingerprint density at radius 2 is 1.50 bits per heavy atom. The lowest BCUT2D eigenvalue weighted by Gasteiger charge is -2.24. The Kier molecular flexibility index (Phi) is 2.95. The number of hydroxylamine groups is 1. The minimum Gasteiger partial charge on any atom is -0.366 e. The standard InChI is InChI=1S/C15H12ClNO/c16-15-11-14(12-7-3-1-4-8-12)17(18-15)13-9-5-2-6-10-13/h1-11,14H. The third kappa shape index (κ3) is 2.07. The molecule has 2 aromatic carbocycles. The second kappa shape index (κ2) is 4.75. The van der Waals surface area contributed by atoms with E-state index in [9.17, 15) is 0 Å². The molecular weight excluding hydrogens is 246 g/mol. The van der Waals surface area contributed by atoms with Gasteiger partial charge in [-0.1, -0.05) is 48.5 Å². The summed E-state index contributed by atoms with van der Waals surface area (Å²) in [6, 6.07) is 20.1. The summed E-state index contributed by atoms with van der Waals surface area (Å²) >= 11 is 6.00. The minimum atomic E-state index is 0.0149. The number of nitrogens with zero attached hydrogens (tertiary/aromatic N) is 1. The molecule has 1 unspecified atom stereocenters. The number of rotatable bonds is 2. The molecule has 0 N–H and O–H groups in total. The highest BCUT2D eigenvalue weighted by Crippen LogP contribution is 2.36. The number of hydrogen-bond donors (Lipinski definition) is 0. The highest BCUT2D eigenvalue weighted by atomic mass is 35.5. The van der Waals surface area contributed by atoms with Crippen LogP contribution in [0.15, 0.2) is 72.0 Å². The average molecular weight is 258 g/mol. The van der Waals surface area contributed by atoms with Crippen LogP contribution in [0.25, 0.3) is 0 Å². The van der Waals surface area contributed by atoms with Crippen LogP contribution in [0.3, 0.4) is 0 Å². The average Bonchev–Trinajstić information content (AvgIpc) is 2.83. The van der Waals surface area contributed by atoms with Gasteiger partial charge in [0.25, 0.3) is 0 Å². The normalized spacial score (nSPS) is 18.4. The van der Waals surface area contributed by atoms with E-state index in [0.717, 1.165) is 11.3 Å². The van der Waals surface area contributed by atoms with Gasteiger partial charge >= 0.3 is 0 Å². The molecule has 90 valence electrons. The summed E-state index contributed by atoms with van der Waals surface area (Å²) in [5.74, 6) is 0. The summed E-state index contributed by atoms with van der Waals surface area (Å²) in [5.41, 5.74) is 2.13. The molecule has 3 heteroatoms. The van der Waals surface area contributed by atoms with Crippen molar-refractivity contribution in [1.82, 2.24) is 0 Å². The molecule has 1 atom stereocenters. The van der Waals surface area contributed by atoms with Crippen molar-refractivity contribution in [3.8, 4) is 0 Å². The van der Waals surface area contributed by atoms with E-state index in [2.05, 4.69) is 12.1 Å². The summed E-state index contributed by atoms with van der Waals surface area (Å²) in [6.45, 7) is 0. The number of anilines is 1. The number of para-hydroxylation sites is 1. The van der Waals surface area contributed by atoms with Crippen LogP contribution in [0, 0.1) is 0 Å². The fourth-order valence-corrected chi connectivity index (χ4v) is 2.24. The van der Waals surface area contributed by atoms with Crippen LogP contribution in [0.2, 0.25) is 0 Å². The molecule has 0 aliphatic carbocycles. The molecular formula is C15H12ClNO. The van der Waals surface area contributed by atoms with Crippen molar-refractivity contribution in [2.45, 2.75) is 6.04 Å². The van der Waals surface area contributed by atoms with E-state index in [1.54, 1.807) is 0 Å². The Balaban J connectivity index is 1.97. The van der Waals surface area contributed by atoms with Crippen molar-refractivity contribution in [2.75, 3.05) is 5.06 Å². The van der Waals surface area contributed by atoms with Crippen molar-refractivity contribution in [3.63, 3.8) is 0 Å². The predicted octanol–water partition coefficient (Wildman–Crippen LogP) is 4.26. The molecule has 2 nitrogen and oxygen atoms in total. The SMILES string of the molecule is ClC1=CC(c2ccccc2)N(c2ccccc2)O1. The molecule has 0 radical (unpaired) electrons. The van der Waals surface area contributed by atoms with E-state index in [4.69, 9.17) is 16.4 Å². The van der Waals surface area contributed by atoms with Crippen LogP contribution in [0.1, 0.15) is 11.6 Å². The van der Waals surface area contributed by atoms with E-state index >= 15 is 0 Å². The maximum absolute atomic E-state index is 6.00. The minimum absolute atomic E-state index is 0.0149. The number of hydrogen-bond acceptors (Lipinski definition) is 2. The monoisotopic (exact) mass is 257 g/mol. The van der Waals surface area contributed by atoms with Gasteiger partial charge in [0.2, 0.25) is 5.22 Å². The van der Waals surface area contributed by atoms with E-state index in [0.29, 0.717) is 5.22 Å².